The van der Waals surface area contributed by atoms with Crippen LogP contribution in [0, 0.1) is 0 Å². The van der Waals surface area contributed by atoms with Crippen LogP contribution in [-0.2, 0) is 9.53 Å². The molecule has 1 atom stereocenters. The highest BCUT2D eigenvalue weighted by Gasteiger charge is 2.23. The minimum Gasteiger partial charge on any atom is -0.496 e. The van der Waals surface area contributed by atoms with Crippen LogP contribution in [-0.4, -0.2) is 26.2 Å². The highest BCUT2D eigenvalue weighted by molar-refractivity contribution is 6.30. The van der Waals surface area contributed by atoms with Crippen molar-refractivity contribution in [3.05, 3.63) is 28.8 Å². The van der Waals surface area contributed by atoms with Crippen molar-refractivity contribution < 1.29 is 14.3 Å². The van der Waals surface area contributed by atoms with E-state index < -0.39 is 0 Å². The molecule has 4 nitrogen and oxygen atoms in total. The second-order valence-corrected chi connectivity index (χ2v) is 3.93. The molecule has 86 valence electrons. The molecule has 1 aliphatic rings. The van der Waals surface area contributed by atoms with E-state index in [1.807, 2.05) is 0 Å². The molecular weight excluding hydrogens is 230 g/mol. The van der Waals surface area contributed by atoms with Gasteiger partial charge in [-0.1, -0.05) is 11.6 Å². The summed E-state index contributed by atoms with van der Waals surface area (Å²) in [6.45, 7) is 0.510. The molecular formula is C11H12ClNO3. The SMILES string of the molecule is COc1ccc(Cl)cc1C1CNC(=O)CO1. The van der Waals surface area contributed by atoms with E-state index in [0.29, 0.717) is 17.3 Å². The molecule has 1 amide bonds. The normalized spacial score (nSPS) is 20.4. The number of hydrogen-bond donors (Lipinski definition) is 1. The van der Waals surface area contributed by atoms with Gasteiger partial charge in [-0.3, -0.25) is 4.79 Å². The van der Waals surface area contributed by atoms with Crippen molar-refractivity contribution in [2.24, 2.45) is 0 Å². The van der Waals surface area contributed by atoms with Crippen molar-refractivity contribution in [3.63, 3.8) is 0 Å². The van der Waals surface area contributed by atoms with Gasteiger partial charge in [0.2, 0.25) is 5.91 Å². The van der Waals surface area contributed by atoms with Gasteiger partial charge >= 0.3 is 0 Å². The first-order valence-electron chi connectivity index (χ1n) is 4.92. The van der Waals surface area contributed by atoms with Gasteiger partial charge in [-0.05, 0) is 18.2 Å². The molecule has 0 bridgehead atoms. The molecule has 5 heteroatoms. The molecule has 1 heterocycles. The van der Waals surface area contributed by atoms with Gasteiger partial charge in [0.05, 0.1) is 7.11 Å². The summed E-state index contributed by atoms with van der Waals surface area (Å²) >= 11 is 5.92. The van der Waals surface area contributed by atoms with Gasteiger partial charge in [0.1, 0.15) is 18.5 Å². The van der Waals surface area contributed by atoms with Crippen molar-refractivity contribution in [1.29, 1.82) is 0 Å². The van der Waals surface area contributed by atoms with Crippen molar-refractivity contribution in [3.8, 4) is 5.75 Å². The Morgan fingerprint density at radius 2 is 2.38 bits per heavy atom. The molecule has 0 saturated carbocycles. The van der Waals surface area contributed by atoms with Gasteiger partial charge in [0.15, 0.2) is 0 Å². The Hall–Kier alpha value is -1.26. The van der Waals surface area contributed by atoms with Crippen LogP contribution in [0.15, 0.2) is 18.2 Å². The predicted molar refractivity (Wildman–Crippen MR) is 59.7 cm³/mol. The summed E-state index contributed by atoms with van der Waals surface area (Å²) in [5, 5.41) is 3.36. The summed E-state index contributed by atoms with van der Waals surface area (Å²) in [6.07, 6.45) is -0.202. The molecule has 1 aromatic rings. The Balaban J connectivity index is 2.24. The maximum absolute atomic E-state index is 11.0. The molecule has 1 aliphatic heterocycles. The summed E-state index contributed by atoms with van der Waals surface area (Å²) in [4.78, 5) is 11.0. The molecule has 1 fully saturated rings. The van der Waals surface area contributed by atoms with Crippen LogP contribution < -0.4 is 10.1 Å². The van der Waals surface area contributed by atoms with Crippen molar-refractivity contribution in [2.75, 3.05) is 20.3 Å². The first-order valence-corrected chi connectivity index (χ1v) is 5.30. The first-order chi connectivity index (χ1) is 7.70. The Bertz CT molecular complexity index is 398. The molecule has 0 spiro atoms. The van der Waals surface area contributed by atoms with Crippen LogP contribution in [0.4, 0.5) is 0 Å². The number of carbonyl (C=O) groups is 1. The molecule has 0 radical (unpaired) electrons. The average Bonchev–Trinajstić information content (AvgIpc) is 2.30. The molecule has 1 N–H and O–H groups in total. The fourth-order valence-corrected chi connectivity index (χ4v) is 1.83. The van der Waals surface area contributed by atoms with Crippen LogP contribution in [0.2, 0.25) is 5.02 Å². The smallest absolute Gasteiger partial charge is 0.246 e. The number of amides is 1. The Morgan fingerprint density at radius 1 is 1.56 bits per heavy atom. The number of carbonyl (C=O) groups excluding carboxylic acids is 1. The molecule has 1 saturated heterocycles. The molecule has 2 rings (SSSR count). The summed E-state index contributed by atoms with van der Waals surface area (Å²) < 4.78 is 10.7. The number of ether oxygens (including phenoxy) is 2. The van der Waals surface area contributed by atoms with Crippen molar-refractivity contribution >= 4 is 17.5 Å². The number of benzene rings is 1. The van der Waals surface area contributed by atoms with Crippen molar-refractivity contribution in [1.82, 2.24) is 5.32 Å². The number of halogens is 1. The van der Waals surface area contributed by atoms with Crippen LogP contribution in [0.1, 0.15) is 11.7 Å². The highest BCUT2D eigenvalue weighted by atomic mass is 35.5. The average molecular weight is 242 g/mol. The number of hydrogen-bond acceptors (Lipinski definition) is 3. The van der Waals surface area contributed by atoms with E-state index in [9.17, 15) is 4.79 Å². The quantitative estimate of drug-likeness (QED) is 0.854. The highest BCUT2D eigenvalue weighted by Crippen LogP contribution is 2.30. The zero-order valence-corrected chi connectivity index (χ0v) is 9.58. The van der Waals surface area contributed by atoms with E-state index in [0.717, 1.165) is 5.56 Å². The Labute approximate surface area is 98.5 Å². The Kier molecular flexibility index (Phi) is 3.31. The summed E-state index contributed by atoms with van der Waals surface area (Å²) in [5.74, 6) is 0.614. The lowest BCUT2D eigenvalue weighted by Gasteiger charge is -2.24. The third-order valence-corrected chi connectivity index (χ3v) is 2.67. The van der Waals surface area contributed by atoms with Gasteiger partial charge < -0.3 is 14.8 Å². The second-order valence-electron chi connectivity index (χ2n) is 3.49. The topological polar surface area (TPSA) is 47.6 Å². The molecule has 0 aromatic heterocycles. The number of rotatable bonds is 2. The third kappa shape index (κ3) is 2.28. The largest absolute Gasteiger partial charge is 0.496 e. The summed E-state index contributed by atoms with van der Waals surface area (Å²) in [5.41, 5.74) is 0.856. The number of methoxy groups -OCH3 is 1. The lowest BCUT2D eigenvalue weighted by molar-refractivity contribution is -0.133. The first kappa shape index (κ1) is 11.2. The van der Waals surface area contributed by atoms with Gasteiger partial charge in [-0.25, -0.2) is 0 Å². The molecule has 1 aromatic carbocycles. The van der Waals surface area contributed by atoms with E-state index in [1.165, 1.54) is 0 Å². The standard InChI is InChI=1S/C11H12ClNO3/c1-15-9-3-2-7(12)4-8(9)10-5-13-11(14)6-16-10/h2-4,10H,5-6H2,1H3,(H,13,14). The van der Waals surface area contributed by atoms with Gasteiger partial charge in [0, 0.05) is 17.1 Å². The second kappa shape index (κ2) is 4.72. The number of morpholine rings is 1. The van der Waals surface area contributed by atoms with E-state index >= 15 is 0 Å². The summed E-state index contributed by atoms with van der Waals surface area (Å²) in [6, 6.07) is 5.34. The maximum Gasteiger partial charge on any atom is 0.246 e. The fraction of sp³-hybridized carbons (Fsp3) is 0.364. The van der Waals surface area contributed by atoms with E-state index in [2.05, 4.69) is 5.32 Å². The monoisotopic (exact) mass is 241 g/mol. The van der Waals surface area contributed by atoms with Gasteiger partial charge in [-0.2, -0.15) is 0 Å². The van der Waals surface area contributed by atoms with Crippen LogP contribution >= 0.6 is 11.6 Å². The minimum absolute atomic E-state index is 0.0698. The van der Waals surface area contributed by atoms with E-state index in [-0.39, 0.29) is 18.6 Å². The van der Waals surface area contributed by atoms with Crippen molar-refractivity contribution in [2.45, 2.75) is 6.10 Å². The lowest BCUT2D eigenvalue weighted by atomic mass is 10.1. The fourth-order valence-electron chi connectivity index (χ4n) is 1.65. The van der Waals surface area contributed by atoms with Gasteiger partial charge in [0.25, 0.3) is 0 Å². The zero-order chi connectivity index (χ0) is 11.5. The van der Waals surface area contributed by atoms with Gasteiger partial charge in [-0.15, -0.1) is 0 Å². The summed E-state index contributed by atoms with van der Waals surface area (Å²) in [7, 11) is 1.59. The minimum atomic E-state index is -0.202. The van der Waals surface area contributed by atoms with Crippen LogP contribution in [0.25, 0.3) is 0 Å². The van der Waals surface area contributed by atoms with Crippen LogP contribution in [0.5, 0.6) is 5.75 Å². The van der Waals surface area contributed by atoms with E-state index in [1.54, 1.807) is 25.3 Å². The molecule has 0 aliphatic carbocycles. The molecule has 1 unspecified atom stereocenters. The predicted octanol–water partition coefficient (Wildman–Crippen LogP) is 1.54. The molecule has 16 heavy (non-hydrogen) atoms. The van der Waals surface area contributed by atoms with E-state index in [4.69, 9.17) is 21.1 Å². The maximum atomic E-state index is 11.0. The zero-order valence-electron chi connectivity index (χ0n) is 8.83. The number of nitrogens with one attached hydrogen (secondary N) is 1. The lowest BCUT2D eigenvalue weighted by Crippen LogP contribution is -2.38. The van der Waals surface area contributed by atoms with Crippen LogP contribution in [0.3, 0.4) is 0 Å². The third-order valence-electron chi connectivity index (χ3n) is 2.44. The Morgan fingerprint density at radius 3 is 3.00 bits per heavy atom.